The Morgan fingerprint density at radius 1 is 1.35 bits per heavy atom. The summed E-state index contributed by atoms with van der Waals surface area (Å²) in [5.41, 5.74) is 1.71. The molecule has 0 aliphatic heterocycles. The SMILES string of the molecule is CCCCN(CCO)C(=O)Cc1[nH]nc2ccccc12. The second-order valence-electron chi connectivity index (χ2n) is 4.85. The van der Waals surface area contributed by atoms with Crippen LogP contribution in [-0.4, -0.2) is 45.8 Å². The molecule has 0 bridgehead atoms. The molecule has 0 spiro atoms. The van der Waals surface area contributed by atoms with E-state index in [1.807, 2.05) is 24.3 Å². The summed E-state index contributed by atoms with van der Waals surface area (Å²) < 4.78 is 0. The molecular formula is C15H21N3O2. The van der Waals surface area contributed by atoms with Crippen molar-refractivity contribution in [1.29, 1.82) is 0 Å². The fraction of sp³-hybridized carbons (Fsp3) is 0.467. The highest BCUT2D eigenvalue weighted by atomic mass is 16.3. The average molecular weight is 275 g/mol. The molecule has 0 unspecified atom stereocenters. The van der Waals surface area contributed by atoms with E-state index in [0.717, 1.165) is 29.4 Å². The predicted octanol–water partition coefficient (Wildman–Crippen LogP) is 1.73. The van der Waals surface area contributed by atoms with E-state index < -0.39 is 0 Å². The number of carbonyl (C=O) groups is 1. The molecule has 2 N–H and O–H groups in total. The van der Waals surface area contributed by atoms with Crippen molar-refractivity contribution >= 4 is 16.8 Å². The van der Waals surface area contributed by atoms with E-state index in [4.69, 9.17) is 5.11 Å². The molecule has 1 amide bonds. The van der Waals surface area contributed by atoms with Crippen LogP contribution in [-0.2, 0) is 11.2 Å². The Hall–Kier alpha value is -1.88. The van der Waals surface area contributed by atoms with Gasteiger partial charge in [0, 0.05) is 18.5 Å². The zero-order valence-corrected chi connectivity index (χ0v) is 11.8. The number of nitrogens with zero attached hydrogens (tertiary/aromatic N) is 2. The predicted molar refractivity (Wildman–Crippen MR) is 78.4 cm³/mol. The van der Waals surface area contributed by atoms with Crippen molar-refractivity contribution in [3.8, 4) is 0 Å². The Labute approximate surface area is 118 Å². The van der Waals surface area contributed by atoms with Gasteiger partial charge in [-0.25, -0.2) is 0 Å². The summed E-state index contributed by atoms with van der Waals surface area (Å²) in [4.78, 5) is 14.0. The van der Waals surface area contributed by atoms with Crippen LogP contribution in [0.15, 0.2) is 24.3 Å². The summed E-state index contributed by atoms with van der Waals surface area (Å²) in [6, 6.07) is 7.74. The molecule has 1 heterocycles. The molecule has 2 rings (SSSR count). The number of hydrogen-bond acceptors (Lipinski definition) is 3. The van der Waals surface area contributed by atoms with E-state index in [1.165, 1.54) is 0 Å². The highest BCUT2D eigenvalue weighted by Crippen LogP contribution is 2.16. The Balaban J connectivity index is 2.08. The van der Waals surface area contributed by atoms with Gasteiger partial charge in [0.1, 0.15) is 0 Å². The van der Waals surface area contributed by atoms with Gasteiger partial charge in [0.15, 0.2) is 0 Å². The van der Waals surface area contributed by atoms with Crippen LogP contribution in [0.3, 0.4) is 0 Å². The van der Waals surface area contributed by atoms with E-state index >= 15 is 0 Å². The minimum Gasteiger partial charge on any atom is -0.395 e. The van der Waals surface area contributed by atoms with Crippen LogP contribution < -0.4 is 0 Å². The van der Waals surface area contributed by atoms with Crippen LogP contribution in [0.4, 0.5) is 0 Å². The molecule has 2 aromatic rings. The molecule has 0 aliphatic carbocycles. The van der Waals surface area contributed by atoms with Crippen molar-refractivity contribution < 1.29 is 9.90 Å². The van der Waals surface area contributed by atoms with Gasteiger partial charge < -0.3 is 10.0 Å². The smallest absolute Gasteiger partial charge is 0.228 e. The molecule has 1 aromatic carbocycles. The highest BCUT2D eigenvalue weighted by molar-refractivity contribution is 5.87. The highest BCUT2D eigenvalue weighted by Gasteiger charge is 2.15. The maximum atomic E-state index is 12.3. The number of carbonyl (C=O) groups excluding carboxylic acids is 1. The summed E-state index contributed by atoms with van der Waals surface area (Å²) >= 11 is 0. The molecule has 0 fully saturated rings. The lowest BCUT2D eigenvalue weighted by Gasteiger charge is -2.21. The molecular weight excluding hydrogens is 254 g/mol. The van der Waals surface area contributed by atoms with Gasteiger partial charge in [-0.3, -0.25) is 9.89 Å². The largest absolute Gasteiger partial charge is 0.395 e. The summed E-state index contributed by atoms with van der Waals surface area (Å²) in [7, 11) is 0. The number of unbranched alkanes of at least 4 members (excludes halogenated alkanes) is 1. The lowest BCUT2D eigenvalue weighted by molar-refractivity contribution is -0.131. The molecule has 0 radical (unpaired) electrons. The molecule has 20 heavy (non-hydrogen) atoms. The van der Waals surface area contributed by atoms with Gasteiger partial charge in [0.2, 0.25) is 5.91 Å². The van der Waals surface area contributed by atoms with Crippen molar-refractivity contribution in [3.05, 3.63) is 30.0 Å². The fourth-order valence-corrected chi connectivity index (χ4v) is 2.24. The normalized spacial score (nSPS) is 10.9. The average Bonchev–Trinajstić information content (AvgIpc) is 2.87. The van der Waals surface area contributed by atoms with Crippen LogP contribution in [0.5, 0.6) is 0 Å². The lowest BCUT2D eigenvalue weighted by Crippen LogP contribution is -2.35. The monoisotopic (exact) mass is 275 g/mol. The molecule has 108 valence electrons. The van der Waals surface area contributed by atoms with Gasteiger partial charge in [-0.1, -0.05) is 31.5 Å². The van der Waals surface area contributed by atoms with Crippen molar-refractivity contribution in [2.45, 2.75) is 26.2 Å². The van der Waals surface area contributed by atoms with Gasteiger partial charge in [-0.2, -0.15) is 5.10 Å². The third-order valence-electron chi connectivity index (χ3n) is 3.37. The number of aliphatic hydroxyl groups is 1. The first-order valence-corrected chi connectivity index (χ1v) is 7.07. The summed E-state index contributed by atoms with van der Waals surface area (Å²) in [6.45, 7) is 3.18. The molecule has 0 aliphatic rings. The van der Waals surface area contributed by atoms with Crippen molar-refractivity contribution in [1.82, 2.24) is 15.1 Å². The van der Waals surface area contributed by atoms with Crippen molar-refractivity contribution in [2.24, 2.45) is 0 Å². The number of hydrogen-bond donors (Lipinski definition) is 2. The molecule has 0 atom stereocenters. The topological polar surface area (TPSA) is 69.2 Å². The first-order chi connectivity index (χ1) is 9.76. The van der Waals surface area contributed by atoms with E-state index in [2.05, 4.69) is 17.1 Å². The lowest BCUT2D eigenvalue weighted by atomic mass is 10.1. The third kappa shape index (κ3) is 3.36. The Kier molecular flexibility index (Phi) is 5.12. The van der Waals surface area contributed by atoms with Crippen LogP contribution in [0.1, 0.15) is 25.5 Å². The van der Waals surface area contributed by atoms with E-state index in [1.54, 1.807) is 4.90 Å². The summed E-state index contributed by atoms with van der Waals surface area (Å²) in [5, 5.41) is 17.2. The maximum Gasteiger partial charge on any atom is 0.228 e. The van der Waals surface area contributed by atoms with Gasteiger partial charge >= 0.3 is 0 Å². The standard InChI is InChI=1S/C15H21N3O2/c1-2-3-8-18(9-10-19)15(20)11-14-12-6-4-5-7-13(12)16-17-14/h4-7,19H,2-3,8-11H2,1H3,(H,16,17). The first-order valence-electron chi connectivity index (χ1n) is 7.07. The van der Waals surface area contributed by atoms with Crippen molar-refractivity contribution in [2.75, 3.05) is 19.7 Å². The van der Waals surface area contributed by atoms with E-state index in [0.29, 0.717) is 19.5 Å². The number of rotatable bonds is 7. The van der Waals surface area contributed by atoms with Gasteiger partial charge in [0.05, 0.1) is 24.2 Å². The van der Waals surface area contributed by atoms with Gasteiger partial charge in [-0.15, -0.1) is 0 Å². The van der Waals surface area contributed by atoms with Crippen LogP contribution >= 0.6 is 0 Å². The quantitative estimate of drug-likeness (QED) is 0.808. The fourth-order valence-electron chi connectivity index (χ4n) is 2.24. The number of fused-ring (bicyclic) bond motifs is 1. The third-order valence-corrected chi connectivity index (χ3v) is 3.37. The number of aromatic nitrogens is 2. The minimum atomic E-state index is -0.000815. The number of aromatic amines is 1. The van der Waals surface area contributed by atoms with Gasteiger partial charge in [0.25, 0.3) is 0 Å². The number of para-hydroxylation sites is 1. The molecule has 1 aromatic heterocycles. The number of aliphatic hydroxyl groups excluding tert-OH is 1. The molecule has 5 heteroatoms. The first kappa shape index (κ1) is 14.5. The maximum absolute atomic E-state index is 12.3. The van der Waals surface area contributed by atoms with Crippen molar-refractivity contribution in [3.63, 3.8) is 0 Å². The zero-order chi connectivity index (χ0) is 14.4. The van der Waals surface area contributed by atoms with Gasteiger partial charge in [-0.05, 0) is 12.5 Å². The minimum absolute atomic E-state index is 0.000815. The second-order valence-corrected chi connectivity index (χ2v) is 4.85. The number of benzene rings is 1. The Bertz CT molecular complexity index is 565. The molecule has 0 saturated heterocycles. The summed E-state index contributed by atoms with van der Waals surface area (Å²) in [6.07, 6.45) is 2.28. The molecule has 5 nitrogen and oxygen atoms in total. The zero-order valence-electron chi connectivity index (χ0n) is 11.8. The van der Waals surface area contributed by atoms with Crippen LogP contribution in [0.25, 0.3) is 10.9 Å². The van der Waals surface area contributed by atoms with Crippen LogP contribution in [0, 0.1) is 0 Å². The number of H-pyrrole nitrogens is 1. The Morgan fingerprint density at radius 3 is 2.90 bits per heavy atom. The Morgan fingerprint density at radius 2 is 2.15 bits per heavy atom. The number of nitrogens with one attached hydrogen (secondary N) is 1. The molecule has 0 saturated carbocycles. The van der Waals surface area contributed by atoms with Crippen LogP contribution in [0.2, 0.25) is 0 Å². The van der Waals surface area contributed by atoms with E-state index in [-0.39, 0.29) is 12.5 Å². The number of amides is 1. The van der Waals surface area contributed by atoms with E-state index in [9.17, 15) is 4.79 Å². The second kappa shape index (κ2) is 7.05. The summed E-state index contributed by atoms with van der Waals surface area (Å²) in [5.74, 6) is 0.0295.